The molecule has 50 heavy (non-hydrogen) atoms. The molecule has 4 amide bonds. The van der Waals surface area contributed by atoms with Crippen molar-refractivity contribution in [1.29, 1.82) is 0 Å². The molecular formula is C38H58N6O6. The summed E-state index contributed by atoms with van der Waals surface area (Å²) in [5.41, 5.74) is -0.483. The van der Waals surface area contributed by atoms with E-state index in [9.17, 15) is 29.1 Å². The van der Waals surface area contributed by atoms with Crippen LogP contribution in [0.5, 0.6) is 0 Å². The highest BCUT2D eigenvalue weighted by Gasteiger charge is 2.52. The van der Waals surface area contributed by atoms with Crippen LogP contribution in [0.1, 0.15) is 128 Å². The lowest BCUT2D eigenvalue weighted by Crippen LogP contribution is -2.60. The van der Waals surface area contributed by atoms with Gasteiger partial charge in [-0.3, -0.25) is 29.0 Å². The zero-order chi connectivity index (χ0) is 36.0. The van der Waals surface area contributed by atoms with Crippen molar-refractivity contribution in [3.63, 3.8) is 0 Å². The molecule has 0 bridgehead atoms. The van der Waals surface area contributed by atoms with Crippen LogP contribution in [0.25, 0.3) is 0 Å². The zero-order valence-electron chi connectivity index (χ0n) is 30.4. The fourth-order valence-corrected chi connectivity index (χ4v) is 8.41. The fraction of sp³-hybridized carbons (Fsp3) is 0.763. The number of nitrogens with one attached hydrogen (secondary N) is 3. The summed E-state index contributed by atoms with van der Waals surface area (Å²) in [7, 11) is 0. The average molecular weight is 695 g/mol. The molecule has 4 fully saturated rings. The summed E-state index contributed by atoms with van der Waals surface area (Å²) in [4.78, 5) is 78.9. The number of rotatable bonds is 15. The number of amides is 4. The van der Waals surface area contributed by atoms with Crippen molar-refractivity contribution in [2.75, 3.05) is 6.54 Å². The number of aromatic nitrogens is 2. The number of hydrogen-bond donors (Lipinski definition) is 4. The smallest absolute Gasteiger partial charge is 0.251 e. The number of carbonyl (C=O) groups excluding carboxylic acids is 5. The Hall–Kier alpha value is -3.41. The molecule has 0 spiro atoms. The standard InChI is InChI=1S/C38H58N6O6/c1-5-10-28(32(46)36(49)41-26-15-16-26)42-35(48)31-27-14-9-13-24(27)22-44(31)37(50)33(38(2,3)4)43-34(47)25(19-23-11-7-6-8-12-23)20-30(45)29-21-39-17-18-40-29/h17-18,21,23-28,31-33,46H,5-16,19-20,22H2,1-4H3,(H,41,49)(H,42,48)(H,43,47)/t24-,25+,27-,28-,31-,32?,33+/m0/s1. The second kappa shape index (κ2) is 16.7. The Balaban J connectivity index is 1.34. The number of nitrogens with zero attached hydrogens (tertiary/aromatic N) is 3. The molecule has 0 aromatic carbocycles. The Morgan fingerprint density at radius 2 is 1.68 bits per heavy atom. The van der Waals surface area contributed by atoms with Gasteiger partial charge in [0.25, 0.3) is 5.91 Å². The molecule has 5 rings (SSSR count). The van der Waals surface area contributed by atoms with Crippen molar-refractivity contribution in [3.8, 4) is 0 Å². The van der Waals surface area contributed by atoms with Gasteiger partial charge in [0.1, 0.15) is 17.8 Å². The fourth-order valence-electron chi connectivity index (χ4n) is 8.41. The van der Waals surface area contributed by atoms with Gasteiger partial charge < -0.3 is 26.0 Å². The van der Waals surface area contributed by atoms with Crippen molar-refractivity contribution in [3.05, 3.63) is 24.3 Å². The number of likely N-dealkylation sites (tertiary alicyclic amines) is 1. The number of ketones is 1. The Labute approximate surface area is 296 Å². The van der Waals surface area contributed by atoms with Crippen LogP contribution in [0.15, 0.2) is 18.6 Å². The van der Waals surface area contributed by atoms with Crippen LogP contribution >= 0.6 is 0 Å². The third-order valence-electron chi connectivity index (χ3n) is 11.3. The van der Waals surface area contributed by atoms with E-state index in [0.717, 1.165) is 57.8 Å². The number of aliphatic hydroxyl groups is 1. The maximum absolute atomic E-state index is 14.6. The second-order valence-electron chi connectivity index (χ2n) is 16.4. The van der Waals surface area contributed by atoms with Crippen LogP contribution in [0, 0.1) is 29.1 Å². The maximum Gasteiger partial charge on any atom is 0.251 e. The molecular weight excluding hydrogens is 636 g/mol. The molecule has 4 aliphatic rings. The molecule has 0 radical (unpaired) electrons. The quantitative estimate of drug-likeness (QED) is 0.201. The zero-order valence-corrected chi connectivity index (χ0v) is 30.4. The van der Waals surface area contributed by atoms with Gasteiger partial charge in [-0.1, -0.05) is 72.6 Å². The summed E-state index contributed by atoms with van der Waals surface area (Å²) in [5, 5.41) is 19.8. The lowest BCUT2D eigenvalue weighted by molar-refractivity contribution is -0.146. The van der Waals surface area contributed by atoms with Gasteiger partial charge in [-0.05, 0) is 61.7 Å². The van der Waals surface area contributed by atoms with Crippen molar-refractivity contribution >= 4 is 29.4 Å². The summed E-state index contributed by atoms with van der Waals surface area (Å²) in [5.74, 6) is -1.98. The van der Waals surface area contributed by atoms with Gasteiger partial charge >= 0.3 is 0 Å². The van der Waals surface area contributed by atoms with Crippen LogP contribution in [-0.2, 0) is 19.2 Å². The number of aliphatic hydroxyl groups excluding tert-OH is 1. The van der Waals surface area contributed by atoms with E-state index >= 15 is 0 Å². The SMILES string of the molecule is CCC[C@H](NC(=O)[C@@H]1[C@H]2CCC[C@H]2CN1C(=O)[C@@H](NC(=O)[C@@H](CC(=O)c1cnccn1)CC1CCCCC1)C(C)(C)C)C(O)C(=O)NC1CC1. The van der Waals surface area contributed by atoms with E-state index in [0.29, 0.717) is 31.7 Å². The molecule has 3 aliphatic carbocycles. The molecule has 1 unspecified atom stereocenters. The molecule has 1 aromatic heterocycles. The van der Waals surface area contributed by atoms with Gasteiger partial charge in [-0.15, -0.1) is 0 Å². The Bertz CT molecular complexity index is 1360. The Morgan fingerprint density at radius 1 is 0.940 bits per heavy atom. The number of hydrogen-bond acceptors (Lipinski definition) is 8. The van der Waals surface area contributed by atoms with E-state index in [4.69, 9.17) is 0 Å². The molecule has 1 aliphatic heterocycles. The predicted octanol–water partition coefficient (Wildman–Crippen LogP) is 3.72. The summed E-state index contributed by atoms with van der Waals surface area (Å²) in [6.07, 6.45) is 14.4. The van der Waals surface area contributed by atoms with Crippen molar-refractivity contribution in [2.45, 2.75) is 148 Å². The maximum atomic E-state index is 14.6. The minimum atomic E-state index is -1.39. The largest absolute Gasteiger partial charge is 0.381 e. The monoisotopic (exact) mass is 694 g/mol. The van der Waals surface area contributed by atoms with E-state index in [2.05, 4.69) is 25.9 Å². The van der Waals surface area contributed by atoms with E-state index in [1.807, 2.05) is 27.7 Å². The molecule has 12 nitrogen and oxygen atoms in total. The van der Waals surface area contributed by atoms with Gasteiger partial charge in [0.05, 0.1) is 12.2 Å². The second-order valence-corrected chi connectivity index (χ2v) is 16.4. The summed E-state index contributed by atoms with van der Waals surface area (Å²) < 4.78 is 0. The van der Waals surface area contributed by atoms with E-state index in [1.54, 1.807) is 4.90 Å². The van der Waals surface area contributed by atoms with Crippen LogP contribution in [0.4, 0.5) is 0 Å². The highest BCUT2D eigenvalue weighted by Crippen LogP contribution is 2.43. The van der Waals surface area contributed by atoms with Gasteiger partial charge in [0.15, 0.2) is 11.9 Å². The first-order valence-electron chi connectivity index (χ1n) is 19.1. The molecule has 12 heteroatoms. The minimum absolute atomic E-state index is 0.0273. The Morgan fingerprint density at radius 3 is 2.32 bits per heavy atom. The molecule has 2 heterocycles. The first-order valence-corrected chi connectivity index (χ1v) is 19.1. The van der Waals surface area contributed by atoms with Crippen LogP contribution in [0.2, 0.25) is 0 Å². The molecule has 4 N–H and O–H groups in total. The predicted molar refractivity (Wildman–Crippen MR) is 187 cm³/mol. The van der Waals surface area contributed by atoms with Gasteiger partial charge in [0, 0.05) is 37.3 Å². The highest BCUT2D eigenvalue weighted by molar-refractivity contribution is 5.98. The van der Waals surface area contributed by atoms with Gasteiger partial charge in [0.2, 0.25) is 17.7 Å². The van der Waals surface area contributed by atoms with Crippen LogP contribution < -0.4 is 16.0 Å². The molecule has 276 valence electrons. The van der Waals surface area contributed by atoms with Crippen molar-refractivity contribution < 1.29 is 29.1 Å². The molecule has 3 saturated carbocycles. The van der Waals surface area contributed by atoms with E-state index in [1.165, 1.54) is 25.0 Å². The summed E-state index contributed by atoms with van der Waals surface area (Å²) in [6, 6.07) is -2.42. The first-order chi connectivity index (χ1) is 23.9. The molecule has 1 saturated heterocycles. The topological polar surface area (TPSA) is 171 Å². The van der Waals surface area contributed by atoms with Gasteiger partial charge in [-0.2, -0.15) is 0 Å². The number of fused-ring (bicyclic) bond motifs is 1. The van der Waals surface area contributed by atoms with Crippen molar-refractivity contribution in [2.24, 2.45) is 29.1 Å². The van der Waals surface area contributed by atoms with E-state index < -0.39 is 41.5 Å². The molecule has 7 atom stereocenters. The highest BCUT2D eigenvalue weighted by atomic mass is 16.3. The third-order valence-corrected chi connectivity index (χ3v) is 11.3. The lowest BCUT2D eigenvalue weighted by Gasteiger charge is -2.37. The van der Waals surface area contributed by atoms with Crippen LogP contribution in [0.3, 0.4) is 0 Å². The third kappa shape index (κ3) is 9.47. The van der Waals surface area contributed by atoms with Crippen LogP contribution in [-0.4, -0.2) is 86.2 Å². The lowest BCUT2D eigenvalue weighted by atomic mass is 9.80. The summed E-state index contributed by atoms with van der Waals surface area (Å²) >= 11 is 0. The van der Waals surface area contributed by atoms with Crippen molar-refractivity contribution in [1.82, 2.24) is 30.8 Å². The van der Waals surface area contributed by atoms with E-state index in [-0.39, 0.29) is 53.5 Å². The summed E-state index contributed by atoms with van der Waals surface area (Å²) in [6.45, 7) is 8.03. The Kier molecular flexibility index (Phi) is 12.7. The normalized spacial score (nSPS) is 24.8. The first kappa shape index (κ1) is 37.8. The minimum Gasteiger partial charge on any atom is -0.381 e. The molecule has 1 aromatic rings. The number of Topliss-reactive ketones (excluding diaryl/α,β-unsaturated/α-hetero) is 1. The number of carbonyl (C=O) groups is 5. The van der Waals surface area contributed by atoms with Gasteiger partial charge in [-0.25, -0.2) is 4.98 Å². The average Bonchev–Trinajstić information content (AvgIpc) is 3.66.